The molecule has 0 atom stereocenters. The third-order valence-corrected chi connectivity index (χ3v) is 2.99. The molecule has 1 aliphatic rings. The highest BCUT2D eigenvalue weighted by atomic mass is 19.1. The van der Waals surface area contributed by atoms with Crippen LogP contribution in [-0.4, -0.2) is 18.1 Å². The summed E-state index contributed by atoms with van der Waals surface area (Å²) in [5, 5.41) is 3.21. The number of rotatable bonds is 3. The molecule has 17 heavy (non-hydrogen) atoms. The molecular weight excluding hydrogens is 219 g/mol. The van der Waals surface area contributed by atoms with E-state index in [9.17, 15) is 4.39 Å². The largest absolute Gasteiger partial charge is 0.441 e. The predicted molar refractivity (Wildman–Crippen MR) is 62.0 cm³/mol. The Hall–Kier alpha value is -1.68. The van der Waals surface area contributed by atoms with E-state index in [1.54, 1.807) is 12.3 Å². The molecule has 0 saturated carbocycles. The van der Waals surface area contributed by atoms with Crippen LogP contribution in [0.25, 0.3) is 11.3 Å². The van der Waals surface area contributed by atoms with Crippen molar-refractivity contribution >= 4 is 0 Å². The van der Waals surface area contributed by atoms with E-state index in [0.717, 1.165) is 31.0 Å². The lowest BCUT2D eigenvalue weighted by atomic mass is 10.00. The number of halogens is 1. The molecule has 0 radical (unpaired) electrons. The summed E-state index contributed by atoms with van der Waals surface area (Å²) in [5.74, 6) is 1.72. The molecule has 4 heteroatoms. The summed E-state index contributed by atoms with van der Waals surface area (Å²) < 4.78 is 18.7. The summed E-state index contributed by atoms with van der Waals surface area (Å²) in [6.45, 7) is 2.05. The molecule has 2 heterocycles. The van der Waals surface area contributed by atoms with Gasteiger partial charge < -0.3 is 9.73 Å². The van der Waals surface area contributed by atoms with Gasteiger partial charge in [0.2, 0.25) is 0 Å². The molecule has 1 aliphatic heterocycles. The number of oxazole rings is 1. The van der Waals surface area contributed by atoms with E-state index >= 15 is 0 Å². The zero-order valence-corrected chi connectivity index (χ0v) is 9.32. The Morgan fingerprint density at radius 3 is 3.00 bits per heavy atom. The van der Waals surface area contributed by atoms with Crippen LogP contribution >= 0.6 is 0 Å². The van der Waals surface area contributed by atoms with Crippen LogP contribution in [0.1, 0.15) is 5.89 Å². The predicted octanol–water partition coefficient (Wildman–Crippen LogP) is 2.24. The summed E-state index contributed by atoms with van der Waals surface area (Å²) in [4.78, 5) is 4.23. The van der Waals surface area contributed by atoms with E-state index in [0.29, 0.717) is 11.7 Å². The average molecular weight is 232 g/mol. The second kappa shape index (κ2) is 4.30. The Morgan fingerprint density at radius 2 is 2.29 bits per heavy atom. The first-order valence-corrected chi connectivity index (χ1v) is 5.72. The summed E-state index contributed by atoms with van der Waals surface area (Å²) in [7, 11) is 0. The van der Waals surface area contributed by atoms with Crippen LogP contribution in [0.2, 0.25) is 0 Å². The lowest BCUT2D eigenvalue weighted by Gasteiger charge is -2.25. The molecule has 0 spiro atoms. The molecule has 88 valence electrons. The molecule has 1 aromatic heterocycles. The Kier molecular flexibility index (Phi) is 2.65. The van der Waals surface area contributed by atoms with Gasteiger partial charge in [0.05, 0.1) is 6.20 Å². The molecule has 0 unspecified atom stereocenters. The molecule has 3 nitrogen and oxygen atoms in total. The second-order valence-corrected chi connectivity index (χ2v) is 4.36. The van der Waals surface area contributed by atoms with Gasteiger partial charge in [-0.05, 0) is 31.1 Å². The van der Waals surface area contributed by atoms with Crippen molar-refractivity contribution in [1.82, 2.24) is 10.3 Å². The maximum absolute atomic E-state index is 13.1. The molecule has 0 amide bonds. The van der Waals surface area contributed by atoms with E-state index in [-0.39, 0.29) is 5.82 Å². The lowest BCUT2D eigenvalue weighted by Crippen LogP contribution is -2.43. The molecule has 2 aromatic rings. The first kappa shape index (κ1) is 10.5. The van der Waals surface area contributed by atoms with Crippen molar-refractivity contribution in [2.75, 3.05) is 13.1 Å². The SMILES string of the molecule is Fc1cccc(-c2cnc(CC3CNC3)o2)c1. The highest BCUT2D eigenvalue weighted by Crippen LogP contribution is 2.22. The third kappa shape index (κ3) is 2.22. The quantitative estimate of drug-likeness (QED) is 0.882. The zero-order valence-electron chi connectivity index (χ0n) is 9.32. The van der Waals surface area contributed by atoms with Crippen LogP contribution in [-0.2, 0) is 6.42 Å². The summed E-state index contributed by atoms with van der Waals surface area (Å²) >= 11 is 0. The van der Waals surface area contributed by atoms with Crippen LogP contribution in [0.15, 0.2) is 34.9 Å². The van der Waals surface area contributed by atoms with E-state index in [1.807, 2.05) is 6.07 Å². The fourth-order valence-corrected chi connectivity index (χ4v) is 1.92. The van der Waals surface area contributed by atoms with Gasteiger partial charge in [-0.1, -0.05) is 12.1 Å². The van der Waals surface area contributed by atoms with Gasteiger partial charge in [-0.3, -0.25) is 0 Å². The van der Waals surface area contributed by atoms with Gasteiger partial charge in [-0.2, -0.15) is 0 Å². The Bertz CT molecular complexity index is 520. The lowest BCUT2D eigenvalue weighted by molar-refractivity contribution is 0.319. The first-order chi connectivity index (χ1) is 8.31. The van der Waals surface area contributed by atoms with Crippen molar-refractivity contribution in [3.05, 3.63) is 42.2 Å². The Balaban J connectivity index is 1.79. The number of aromatic nitrogens is 1. The smallest absolute Gasteiger partial charge is 0.195 e. The Morgan fingerprint density at radius 1 is 1.41 bits per heavy atom. The van der Waals surface area contributed by atoms with Gasteiger partial charge in [-0.25, -0.2) is 9.37 Å². The van der Waals surface area contributed by atoms with Crippen molar-refractivity contribution in [2.45, 2.75) is 6.42 Å². The van der Waals surface area contributed by atoms with Gasteiger partial charge in [0.15, 0.2) is 11.7 Å². The normalized spacial score (nSPS) is 15.8. The maximum Gasteiger partial charge on any atom is 0.195 e. The van der Waals surface area contributed by atoms with Crippen molar-refractivity contribution < 1.29 is 8.81 Å². The highest BCUT2D eigenvalue weighted by Gasteiger charge is 2.19. The molecule has 1 N–H and O–H groups in total. The fraction of sp³-hybridized carbons (Fsp3) is 0.308. The van der Waals surface area contributed by atoms with Crippen molar-refractivity contribution in [2.24, 2.45) is 5.92 Å². The topological polar surface area (TPSA) is 38.1 Å². The number of hydrogen-bond donors (Lipinski definition) is 1. The minimum absolute atomic E-state index is 0.261. The first-order valence-electron chi connectivity index (χ1n) is 5.72. The highest BCUT2D eigenvalue weighted by molar-refractivity contribution is 5.56. The van der Waals surface area contributed by atoms with Crippen LogP contribution in [0.4, 0.5) is 4.39 Å². The minimum atomic E-state index is -0.261. The van der Waals surface area contributed by atoms with Gasteiger partial charge in [0.25, 0.3) is 0 Å². The molecule has 3 rings (SSSR count). The van der Waals surface area contributed by atoms with Crippen molar-refractivity contribution in [1.29, 1.82) is 0 Å². The van der Waals surface area contributed by atoms with E-state index in [1.165, 1.54) is 12.1 Å². The minimum Gasteiger partial charge on any atom is -0.441 e. The third-order valence-electron chi connectivity index (χ3n) is 2.99. The summed E-state index contributed by atoms with van der Waals surface area (Å²) in [6, 6.07) is 6.36. The molecule has 1 saturated heterocycles. The average Bonchev–Trinajstić information content (AvgIpc) is 2.72. The van der Waals surface area contributed by atoms with Crippen molar-refractivity contribution in [3.63, 3.8) is 0 Å². The second-order valence-electron chi connectivity index (χ2n) is 4.36. The van der Waals surface area contributed by atoms with Crippen LogP contribution in [0.5, 0.6) is 0 Å². The maximum atomic E-state index is 13.1. The number of nitrogens with one attached hydrogen (secondary N) is 1. The van der Waals surface area contributed by atoms with Gasteiger partial charge >= 0.3 is 0 Å². The van der Waals surface area contributed by atoms with Crippen LogP contribution in [0.3, 0.4) is 0 Å². The summed E-state index contributed by atoms with van der Waals surface area (Å²) in [5.41, 5.74) is 0.732. The molecule has 1 aromatic carbocycles. The van der Waals surface area contributed by atoms with E-state index < -0.39 is 0 Å². The van der Waals surface area contributed by atoms with Crippen molar-refractivity contribution in [3.8, 4) is 11.3 Å². The molecular formula is C13H13FN2O. The monoisotopic (exact) mass is 232 g/mol. The number of benzene rings is 1. The van der Waals surface area contributed by atoms with Gasteiger partial charge in [0, 0.05) is 12.0 Å². The Labute approximate surface area is 98.7 Å². The van der Waals surface area contributed by atoms with E-state index in [2.05, 4.69) is 10.3 Å². The van der Waals surface area contributed by atoms with Crippen LogP contribution < -0.4 is 5.32 Å². The number of nitrogens with zero attached hydrogens (tertiary/aromatic N) is 1. The van der Waals surface area contributed by atoms with Gasteiger partial charge in [0.1, 0.15) is 5.82 Å². The van der Waals surface area contributed by atoms with Crippen LogP contribution in [0, 0.1) is 11.7 Å². The molecule has 1 fully saturated rings. The standard InChI is InChI=1S/C13H13FN2O/c14-11-3-1-2-10(5-11)12-8-16-13(17-12)4-9-6-15-7-9/h1-3,5,8-9,15H,4,6-7H2. The summed E-state index contributed by atoms with van der Waals surface area (Å²) in [6.07, 6.45) is 2.51. The number of hydrogen-bond acceptors (Lipinski definition) is 3. The van der Waals surface area contributed by atoms with Gasteiger partial charge in [-0.15, -0.1) is 0 Å². The molecule has 0 bridgehead atoms. The molecule has 0 aliphatic carbocycles. The zero-order chi connectivity index (χ0) is 11.7. The van der Waals surface area contributed by atoms with E-state index in [4.69, 9.17) is 4.42 Å². The fourth-order valence-electron chi connectivity index (χ4n) is 1.92.